The van der Waals surface area contributed by atoms with Gasteiger partial charge >= 0.3 is 0 Å². The zero-order valence-electron chi connectivity index (χ0n) is 10.7. The molecule has 0 aliphatic carbocycles. The highest BCUT2D eigenvalue weighted by Crippen LogP contribution is 2.27. The minimum absolute atomic E-state index is 0.0449. The second kappa shape index (κ2) is 5.36. The largest absolute Gasteiger partial charge is 0.311 e. The molecule has 0 bridgehead atoms. The second-order valence-electron chi connectivity index (χ2n) is 4.67. The predicted molar refractivity (Wildman–Crippen MR) is 72.2 cm³/mol. The molecule has 1 fully saturated rings. The normalized spacial score (nSPS) is 25.5. The molecule has 0 amide bonds. The van der Waals surface area contributed by atoms with Gasteiger partial charge in [-0.05, 0) is 32.0 Å². The molecule has 1 aliphatic rings. The zero-order chi connectivity index (χ0) is 14.2. The van der Waals surface area contributed by atoms with E-state index in [1.807, 2.05) is 13.8 Å². The molecule has 2 atom stereocenters. The van der Waals surface area contributed by atoms with Crippen LogP contribution in [-0.2, 0) is 10.0 Å². The first-order valence-electron chi connectivity index (χ1n) is 6.04. The van der Waals surface area contributed by atoms with E-state index in [0.717, 1.165) is 12.1 Å². The third-order valence-electron chi connectivity index (χ3n) is 3.46. The Bertz CT molecular complexity index is 579. The van der Waals surface area contributed by atoms with Crippen LogP contribution in [0.4, 0.5) is 4.39 Å². The first-order valence-corrected chi connectivity index (χ1v) is 7.86. The summed E-state index contributed by atoms with van der Waals surface area (Å²) in [4.78, 5) is -0.0449. The van der Waals surface area contributed by atoms with Crippen molar-refractivity contribution in [1.82, 2.24) is 9.62 Å². The number of nitrogens with one attached hydrogen (secondary N) is 1. The molecule has 19 heavy (non-hydrogen) atoms. The molecule has 1 heterocycles. The molecule has 1 aromatic rings. The van der Waals surface area contributed by atoms with Crippen molar-refractivity contribution >= 4 is 21.6 Å². The lowest BCUT2D eigenvalue weighted by Gasteiger charge is -2.37. The van der Waals surface area contributed by atoms with E-state index >= 15 is 0 Å². The summed E-state index contributed by atoms with van der Waals surface area (Å²) in [6.07, 6.45) is 0. The summed E-state index contributed by atoms with van der Waals surface area (Å²) >= 11 is 5.86. The fourth-order valence-electron chi connectivity index (χ4n) is 2.18. The Kier molecular flexibility index (Phi) is 4.15. The fraction of sp³-hybridized carbons (Fsp3) is 0.500. The summed E-state index contributed by atoms with van der Waals surface area (Å²) in [5.74, 6) is -0.550. The van der Waals surface area contributed by atoms with E-state index in [1.165, 1.54) is 10.4 Å². The van der Waals surface area contributed by atoms with E-state index < -0.39 is 15.8 Å². The topological polar surface area (TPSA) is 49.4 Å². The van der Waals surface area contributed by atoms with Crippen LogP contribution in [0.15, 0.2) is 23.1 Å². The van der Waals surface area contributed by atoms with Crippen LogP contribution in [0.1, 0.15) is 13.8 Å². The van der Waals surface area contributed by atoms with Crippen molar-refractivity contribution in [2.24, 2.45) is 0 Å². The van der Waals surface area contributed by atoms with Crippen molar-refractivity contribution < 1.29 is 12.8 Å². The molecule has 1 aromatic carbocycles. The van der Waals surface area contributed by atoms with E-state index in [0.29, 0.717) is 13.1 Å². The Morgan fingerprint density at radius 3 is 2.74 bits per heavy atom. The molecule has 2 rings (SSSR count). The molecule has 1 aliphatic heterocycles. The van der Waals surface area contributed by atoms with Crippen LogP contribution in [-0.4, -0.2) is 37.9 Å². The van der Waals surface area contributed by atoms with E-state index in [4.69, 9.17) is 11.6 Å². The standard InChI is InChI=1S/C12H16ClFN2O2S/c1-8-9(2)16(6-5-15-8)19(17,18)12-4-3-10(14)7-11(12)13/h3-4,7-9,15H,5-6H2,1-2H3. The number of rotatable bonds is 2. The molecule has 0 aromatic heterocycles. The number of sulfonamides is 1. The Labute approximate surface area is 117 Å². The van der Waals surface area contributed by atoms with Gasteiger partial charge in [0.15, 0.2) is 0 Å². The van der Waals surface area contributed by atoms with Crippen molar-refractivity contribution in [1.29, 1.82) is 0 Å². The smallest absolute Gasteiger partial charge is 0.244 e. The predicted octanol–water partition coefficient (Wildman–Crippen LogP) is 1.85. The molecular weight excluding hydrogens is 291 g/mol. The highest BCUT2D eigenvalue weighted by molar-refractivity contribution is 7.89. The van der Waals surface area contributed by atoms with Gasteiger partial charge in [0.2, 0.25) is 10.0 Å². The Morgan fingerprint density at radius 1 is 1.42 bits per heavy atom. The number of hydrogen-bond acceptors (Lipinski definition) is 3. The third-order valence-corrected chi connectivity index (χ3v) is 5.93. The van der Waals surface area contributed by atoms with Gasteiger partial charge in [-0.2, -0.15) is 4.31 Å². The van der Waals surface area contributed by atoms with Crippen LogP contribution < -0.4 is 5.32 Å². The van der Waals surface area contributed by atoms with Gasteiger partial charge in [-0.1, -0.05) is 11.6 Å². The van der Waals surface area contributed by atoms with Gasteiger partial charge in [0.05, 0.1) is 5.02 Å². The third kappa shape index (κ3) is 2.76. The number of nitrogens with zero attached hydrogens (tertiary/aromatic N) is 1. The monoisotopic (exact) mass is 306 g/mol. The average Bonchev–Trinajstić information content (AvgIpc) is 2.31. The molecule has 0 spiro atoms. The molecule has 2 unspecified atom stereocenters. The molecule has 0 radical (unpaired) electrons. The minimum atomic E-state index is -3.70. The van der Waals surface area contributed by atoms with Gasteiger partial charge in [0.1, 0.15) is 10.7 Å². The lowest BCUT2D eigenvalue weighted by atomic mass is 10.1. The first-order chi connectivity index (χ1) is 8.84. The summed E-state index contributed by atoms with van der Waals surface area (Å²) < 4.78 is 39.6. The van der Waals surface area contributed by atoms with Crippen LogP contribution in [0, 0.1) is 5.82 Å². The summed E-state index contributed by atoms with van der Waals surface area (Å²) in [5.41, 5.74) is 0. The molecule has 1 saturated heterocycles. The van der Waals surface area contributed by atoms with Crippen LogP contribution in [0.25, 0.3) is 0 Å². The van der Waals surface area contributed by atoms with Crippen molar-refractivity contribution in [3.05, 3.63) is 29.0 Å². The van der Waals surface area contributed by atoms with E-state index in [-0.39, 0.29) is 22.0 Å². The zero-order valence-corrected chi connectivity index (χ0v) is 12.3. The number of hydrogen-bond donors (Lipinski definition) is 1. The lowest BCUT2D eigenvalue weighted by Crippen LogP contribution is -2.57. The van der Waals surface area contributed by atoms with Gasteiger partial charge in [-0.15, -0.1) is 0 Å². The van der Waals surface area contributed by atoms with E-state index in [2.05, 4.69) is 5.32 Å². The summed E-state index contributed by atoms with van der Waals surface area (Å²) in [6, 6.07) is 3.22. The fourth-order valence-corrected chi connectivity index (χ4v) is 4.39. The van der Waals surface area contributed by atoms with Crippen LogP contribution in [0.3, 0.4) is 0 Å². The van der Waals surface area contributed by atoms with Crippen LogP contribution in [0.5, 0.6) is 0 Å². The summed E-state index contributed by atoms with van der Waals surface area (Å²) in [7, 11) is -3.70. The van der Waals surface area contributed by atoms with Gasteiger partial charge in [0.25, 0.3) is 0 Å². The maximum Gasteiger partial charge on any atom is 0.244 e. The van der Waals surface area contributed by atoms with Crippen molar-refractivity contribution in [2.75, 3.05) is 13.1 Å². The van der Waals surface area contributed by atoms with E-state index in [9.17, 15) is 12.8 Å². The number of benzene rings is 1. The molecular formula is C12H16ClFN2O2S. The number of halogens is 2. The van der Waals surface area contributed by atoms with Gasteiger partial charge < -0.3 is 5.32 Å². The van der Waals surface area contributed by atoms with Gasteiger partial charge in [-0.3, -0.25) is 0 Å². The highest BCUT2D eigenvalue weighted by atomic mass is 35.5. The SMILES string of the molecule is CC1NCCN(S(=O)(=O)c2ccc(F)cc2Cl)C1C. The molecule has 7 heteroatoms. The highest BCUT2D eigenvalue weighted by Gasteiger charge is 2.35. The van der Waals surface area contributed by atoms with Crippen molar-refractivity contribution in [3.8, 4) is 0 Å². The Morgan fingerprint density at radius 2 is 2.11 bits per heavy atom. The number of piperazine rings is 1. The molecule has 1 N–H and O–H groups in total. The quantitative estimate of drug-likeness (QED) is 0.907. The Balaban J connectivity index is 2.41. The lowest BCUT2D eigenvalue weighted by molar-refractivity contribution is 0.233. The second-order valence-corrected chi connectivity index (χ2v) is 6.94. The first kappa shape index (κ1) is 14.7. The molecule has 106 valence electrons. The maximum absolute atomic E-state index is 13.0. The minimum Gasteiger partial charge on any atom is -0.311 e. The van der Waals surface area contributed by atoms with Crippen LogP contribution in [0.2, 0.25) is 5.02 Å². The van der Waals surface area contributed by atoms with Gasteiger partial charge in [-0.25, -0.2) is 12.8 Å². The Hall–Kier alpha value is -0.690. The maximum atomic E-state index is 13.0. The summed E-state index contributed by atoms with van der Waals surface area (Å²) in [6.45, 7) is 4.73. The summed E-state index contributed by atoms with van der Waals surface area (Å²) in [5, 5.41) is 3.13. The van der Waals surface area contributed by atoms with Crippen molar-refractivity contribution in [2.45, 2.75) is 30.8 Å². The van der Waals surface area contributed by atoms with Crippen LogP contribution >= 0.6 is 11.6 Å². The molecule has 0 saturated carbocycles. The van der Waals surface area contributed by atoms with Gasteiger partial charge in [0, 0.05) is 25.2 Å². The van der Waals surface area contributed by atoms with Crippen molar-refractivity contribution in [3.63, 3.8) is 0 Å². The average molecular weight is 307 g/mol. The van der Waals surface area contributed by atoms with E-state index in [1.54, 1.807) is 0 Å². The molecule has 4 nitrogen and oxygen atoms in total.